The highest BCUT2D eigenvalue weighted by Gasteiger charge is 2.13. The summed E-state index contributed by atoms with van der Waals surface area (Å²) in [7, 11) is -0.990. The fourth-order valence-corrected chi connectivity index (χ4v) is 2.28. The van der Waals surface area contributed by atoms with E-state index in [4.69, 9.17) is 16.3 Å². The minimum absolute atomic E-state index is 0.528. The Labute approximate surface area is 112 Å². The van der Waals surface area contributed by atoms with Crippen LogP contribution in [0.1, 0.15) is 0 Å². The lowest BCUT2D eigenvalue weighted by Crippen LogP contribution is -2.34. The highest BCUT2D eigenvalue weighted by atomic mass is 79.9. The van der Waals surface area contributed by atoms with Crippen LogP contribution in [-0.4, -0.2) is 26.4 Å². The number of hydrazine groups is 1. The van der Waals surface area contributed by atoms with E-state index in [2.05, 4.69) is 41.0 Å². The predicted molar refractivity (Wildman–Crippen MR) is 74.9 cm³/mol. The molecule has 0 aromatic carbocycles. The van der Waals surface area contributed by atoms with E-state index in [1.165, 1.54) is 6.04 Å². The lowest BCUT2D eigenvalue weighted by Gasteiger charge is -2.24. The van der Waals surface area contributed by atoms with Crippen LogP contribution in [0.2, 0.25) is 25.7 Å². The van der Waals surface area contributed by atoms with Gasteiger partial charge in [0.25, 0.3) is 0 Å². The summed E-state index contributed by atoms with van der Waals surface area (Å²) in [5.74, 6) is 0. The molecule has 6 heteroatoms. The van der Waals surface area contributed by atoms with Gasteiger partial charge in [0.15, 0.2) is 0 Å². The van der Waals surface area contributed by atoms with Gasteiger partial charge in [-0.15, -0.1) is 0 Å². The first-order valence-corrected chi connectivity index (χ1v) is 10.1. The molecule has 1 heterocycles. The van der Waals surface area contributed by atoms with Crippen LogP contribution in [0.15, 0.2) is 21.9 Å². The van der Waals surface area contributed by atoms with Crippen LogP contribution >= 0.6 is 27.5 Å². The highest BCUT2D eigenvalue weighted by molar-refractivity contribution is 9.12. The van der Waals surface area contributed by atoms with Gasteiger partial charge in [0.1, 0.15) is 6.73 Å². The Hall–Kier alpha value is 0.0269. The number of hydrogen-bond donors (Lipinski definition) is 1. The first-order valence-electron chi connectivity index (χ1n) is 5.22. The maximum atomic E-state index is 5.88. The van der Waals surface area contributed by atoms with Crippen molar-refractivity contribution in [2.24, 2.45) is 0 Å². The molecule has 0 unspecified atom stereocenters. The van der Waals surface area contributed by atoms with Crippen molar-refractivity contribution in [3.8, 4) is 0 Å². The van der Waals surface area contributed by atoms with E-state index >= 15 is 0 Å². The van der Waals surface area contributed by atoms with Crippen molar-refractivity contribution in [1.82, 2.24) is 10.4 Å². The Kier molecular flexibility index (Phi) is 5.37. The molecule has 0 amide bonds. The number of hydrogen-bond acceptors (Lipinski definition) is 3. The zero-order chi connectivity index (χ0) is 12.2. The zero-order valence-electron chi connectivity index (χ0n) is 9.89. The summed E-state index contributed by atoms with van der Waals surface area (Å²) in [4.78, 5) is 0. The Morgan fingerprint density at radius 2 is 2.19 bits per heavy atom. The minimum atomic E-state index is -0.990. The highest BCUT2D eigenvalue weighted by Crippen LogP contribution is 2.23. The van der Waals surface area contributed by atoms with Crippen molar-refractivity contribution < 1.29 is 4.74 Å². The molecule has 0 spiro atoms. The zero-order valence-corrected chi connectivity index (χ0v) is 13.2. The van der Waals surface area contributed by atoms with Gasteiger partial charge in [0, 0.05) is 27.1 Å². The fraction of sp³-hybridized carbons (Fsp3) is 0.600. The van der Waals surface area contributed by atoms with E-state index in [1.807, 2.05) is 11.2 Å². The summed E-state index contributed by atoms with van der Waals surface area (Å²) in [6, 6.07) is 1.18. The number of nitrogens with one attached hydrogen (secondary N) is 1. The van der Waals surface area contributed by atoms with Crippen LogP contribution in [-0.2, 0) is 4.74 Å². The number of rotatable bonds is 5. The summed E-state index contributed by atoms with van der Waals surface area (Å²) < 4.78 is 6.46. The third kappa shape index (κ3) is 5.38. The SMILES string of the molecule is C[Si](C)(C)CCOCN1C=C(Br)C(Cl)=CN1. The molecule has 1 rings (SSSR count). The average molecular weight is 326 g/mol. The van der Waals surface area contributed by atoms with Gasteiger partial charge >= 0.3 is 0 Å². The van der Waals surface area contributed by atoms with Gasteiger partial charge in [-0.1, -0.05) is 31.2 Å². The number of nitrogens with zero attached hydrogens (tertiary/aromatic N) is 1. The van der Waals surface area contributed by atoms with Crippen molar-refractivity contribution in [3.05, 3.63) is 21.9 Å². The topological polar surface area (TPSA) is 24.5 Å². The van der Waals surface area contributed by atoms with Gasteiger partial charge in [-0.25, -0.2) is 0 Å². The van der Waals surface area contributed by atoms with Crippen LogP contribution in [0, 0.1) is 0 Å². The quantitative estimate of drug-likeness (QED) is 0.619. The second kappa shape index (κ2) is 6.09. The molecule has 0 radical (unpaired) electrons. The maximum Gasteiger partial charge on any atom is 0.137 e. The molecule has 3 nitrogen and oxygen atoms in total. The molecule has 1 aliphatic heterocycles. The fourth-order valence-electron chi connectivity index (χ4n) is 1.06. The monoisotopic (exact) mass is 324 g/mol. The van der Waals surface area contributed by atoms with Gasteiger partial charge in [0.05, 0.1) is 9.51 Å². The largest absolute Gasteiger partial charge is 0.360 e. The summed E-state index contributed by atoms with van der Waals surface area (Å²) in [5.41, 5.74) is 3.02. The van der Waals surface area contributed by atoms with E-state index < -0.39 is 8.07 Å². The normalized spacial score (nSPS) is 16.7. The second-order valence-corrected chi connectivity index (χ2v) is 11.8. The lowest BCUT2D eigenvalue weighted by atomic mass is 10.5. The van der Waals surface area contributed by atoms with Crippen molar-refractivity contribution in [2.45, 2.75) is 25.7 Å². The average Bonchev–Trinajstić information content (AvgIpc) is 2.17. The Bertz CT molecular complexity index is 302. The molecule has 0 aliphatic carbocycles. The maximum absolute atomic E-state index is 5.88. The molecule has 92 valence electrons. The Balaban J connectivity index is 2.21. The third-order valence-corrected chi connectivity index (χ3v) is 4.96. The number of halogens is 2. The molecular weight excluding hydrogens is 308 g/mol. The molecule has 0 bridgehead atoms. The molecule has 1 N–H and O–H groups in total. The van der Waals surface area contributed by atoms with Crippen molar-refractivity contribution in [1.29, 1.82) is 0 Å². The standard InChI is InChI=1S/C10H18BrClN2OSi/c1-16(2,3)5-4-15-8-14-7-9(11)10(12)6-13-14/h6-7,13H,4-5,8H2,1-3H3. The van der Waals surface area contributed by atoms with Crippen LogP contribution in [0.25, 0.3) is 0 Å². The minimum Gasteiger partial charge on any atom is -0.360 e. The molecule has 16 heavy (non-hydrogen) atoms. The first kappa shape index (κ1) is 14.1. The summed E-state index contributed by atoms with van der Waals surface area (Å²) in [5, 5.41) is 2.51. The van der Waals surface area contributed by atoms with Crippen molar-refractivity contribution >= 4 is 35.6 Å². The lowest BCUT2D eigenvalue weighted by molar-refractivity contribution is 0.0438. The van der Waals surface area contributed by atoms with Gasteiger partial charge in [-0.3, -0.25) is 5.01 Å². The third-order valence-electron chi connectivity index (χ3n) is 2.08. The smallest absolute Gasteiger partial charge is 0.137 e. The van der Waals surface area contributed by atoms with E-state index in [0.29, 0.717) is 11.8 Å². The van der Waals surface area contributed by atoms with Gasteiger partial charge in [0.2, 0.25) is 0 Å². The number of allylic oxidation sites excluding steroid dienone is 2. The van der Waals surface area contributed by atoms with Gasteiger partial charge in [-0.05, 0) is 22.0 Å². The molecule has 0 aromatic heterocycles. The molecule has 0 aromatic rings. The number of ether oxygens (including phenoxy) is 1. The summed E-state index contributed by atoms with van der Waals surface area (Å²) in [6.45, 7) is 8.37. The van der Waals surface area contributed by atoms with Crippen molar-refractivity contribution in [2.75, 3.05) is 13.3 Å². The molecule has 0 fully saturated rings. The van der Waals surface area contributed by atoms with Crippen LogP contribution < -0.4 is 5.43 Å². The van der Waals surface area contributed by atoms with Crippen molar-refractivity contribution in [3.63, 3.8) is 0 Å². The molecule has 1 aliphatic rings. The van der Waals surface area contributed by atoms with E-state index in [0.717, 1.165) is 11.1 Å². The Morgan fingerprint density at radius 3 is 2.75 bits per heavy atom. The molecule has 0 atom stereocenters. The molecular formula is C10H18BrClN2OSi. The summed E-state index contributed by atoms with van der Waals surface area (Å²) in [6.07, 6.45) is 3.60. The summed E-state index contributed by atoms with van der Waals surface area (Å²) >= 11 is 9.24. The second-order valence-electron chi connectivity index (χ2n) is 4.92. The van der Waals surface area contributed by atoms with Crippen LogP contribution in [0.5, 0.6) is 0 Å². The van der Waals surface area contributed by atoms with E-state index in [1.54, 1.807) is 6.20 Å². The van der Waals surface area contributed by atoms with Crippen LogP contribution in [0.3, 0.4) is 0 Å². The first-order chi connectivity index (χ1) is 7.38. The van der Waals surface area contributed by atoms with E-state index in [-0.39, 0.29) is 0 Å². The molecule has 0 saturated heterocycles. The molecule has 0 saturated carbocycles. The van der Waals surface area contributed by atoms with Gasteiger partial charge in [-0.2, -0.15) is 0 Å². The van der Waals surface area contributed by atoms with E-state index in [9.17, 15) is 0 Å². The van der Waals surface area contributed by atoms with Gasteiger partial charge < -0.3 is 10.2 Å². The van der Waals surface area contributed by atoms with Crippen LogP contribution in [0.4, 0.5) is 0 Å². The Morgan fingerprint density at radius 1 is 1.50 bits per heavy atom. The predicted octanol–water partition coefficient (Wildman–Crippen LogP) is 3.44.